The summed E-state index contributed by atoms with van der Waals surface area (Å²) in [5.74, 6) is -1.28. The van der Waals surface area contributed by atoms with E-state index in [0.717, 1.165) is 0 Å². The number of rotatable bonds is 5. The van der Waals surface area contributed by atoms with Crippen molar-refractivity contribution in [1.82, 2.24) is 0 Å². The maximum atomic E-state index is 11.5. The number of ether oxygens (including phenoxy) is 1. The fourth-order valence-corrected chi connectivity index (χ4v) is 1.22. The van der Waals surface area contributed by atoms with Gasteiger partial charge >= 0.3 is 0 Å². The molecule has 0 fully saturated rings. The van der Waals surface area contributed by atoms with Crippen LogP contribution in [0.1, 0.15) is 23.7 Å². The molecule has 0 radical (unpaired) electrons. The lowest BCUT2D eigenvalue weighted by molar-refractivity contribution is -0.307. The van der Waals surface area contributed by atoms with Gasteiger partial charge in [0.15, 0.2) is 5.78 Å². The molecule has 0 aliphatic heterocycles. The lowest BCUT2D eigenvalue weighted by atomic mass is 10.1. The molecule has 0 aliphatic carbocycles. The molecule has 0 bridgehead atoms. The van der Waals surface area contributed by atoms with Crippen LogP contribution in [0.4, 0.5) is 5.69 Å². The average molecular weight is 222 g/mol. The van der Waals surface area contributed by atoms with Crippen LogP contribution in [0.25, 0.3) is 0 Å². The molecule has 0 amide bonds. The number of hydrogen-bond acceptors (Lipinski definition) is 5. The van der Waals surface area contributed by atoms with Crippen LogP contribution in [-0.4, -0.2) is 18.4 Å². The Kier molecular flexibility index (Phi) is 3.88. The van der Waals surface area contributed by atoms with E-state index >= 15 is 0 Å². The van der Waals surface area contributed by atoms with E-state index in [-0.39, 0.29) is 11.5 Å². The van der Waals surface area contributed by atoms with E-state index in [2.05, 4.69) is 0 Å². The number of ketones is 1. The molecule has 5 heteroatoms. The van der Waals surface area contributed by atoms with Crippen LogP contribution in [0.15, 0.2) is 18.2 Å². The highest BCUT2D eigenvalue weighted by Crippen LogP contribution is 2.22. The number of carbonyl (C=O) groups excluding carboxylic acids is 2. The van der Waals surface area contributed by atoms with Gasteiger partial charge in [-0.25, -0.2) is 0 Å². The lowest BCUT2D eigenvalue weighted by Crippen LogP contribution is -2.29. The molecule has 0 spiro atoms. The van der Waals surface area contributed by atoms with Crippen molar-refractivity contribution >= 4 is 17.4 Å². The van der Waals surface area contributed by atoms with Crippen molar-refractivity contribution in [2.45, 2.75) is 13.3 Å². The van der Waals surface area contributed by atoms with E-state index in [4.69, 9.17) is 10.5 Å². The zero-order valence-corrected chi connectivity index (χ0v) is 8.86. The molecule has 0 aliphatic rings. The monoisotopic (exact) mass is 222 g/mol. The number of nitrogens with two attached hydrogens (primary N) is 1. The molecule has 1 aromatic carbocycles. The van der Waals surface area contributed by atoms with Gasteiger partial charge in [-0.3, -0.25) is 4.79 Å². The van der Waals surface area contributed by atoms with Crippen molar-refractivity contribution in [2.75, 3.05) is 12.3 Å². The van der Waals surface area contributed by atoms with E-state index in [1.165, 1.54) is 18.2 Å². The molecule has 0 aromatic heterocycles. The minimum atomic E-state index is -1.34. The van der Waals surface area contributed by atoms with Crippen LogP contribution in [0.2, 0.25) is 0 Å². The lowest BCUT2D eigenvalue weighted by Gasteiger charge is -2.11. The zero-order valence-electron chi connectivity index (χ0n) is 8.86. The SMILES string of the molecule is CCC(=O)c1cc(N)ccc1OCC(=O)[O-]. The molecule has 5 nitrogen and oxygen atoms in total. The Hall–Kier alpha value is -2.04. The maximum absolute atomic E-state index is 11.5. The number of carbonyl (C=O) groups is 2. The second kappa shape index (κ2) is 5.16. The molecule has 0 heterocycles. The van der Waals surface area contributed by atoms with Gasteiger partial charge in [0.1, 0.15) is 12.4 Å². The Morgan fingerprint density at radius 1 is 1.44 bits per heavy atom. The third-order valence-corrected chi connectivity index (χ3v) is 1.97. The summed E-state index contributed by atoms with van der Waals surface area (Å²) in [6.45, 7) is 1.11. The number of Topliss-reactive ketones (excluding diaryl/α,β-unsaturated/α-hetero) is 1. The largest absolute Gasteiger partial charge is 0.546 e. The molecule has 1 rings (SSSR count). The summed E-state index contributed by atoms with van der Waals surface area (Å²) in [4.78, 5) is 21.8. The Balaban J connectivity index is 2.98. The predicted molar refractivity (Wildman–Crippen MR) is 56.0 cm³/mol. The van der Waals surface area contributed by atoms with Crippen molar-refractivity contribution in [2.24, 2.45) is 0 Å². The fourth-order valence-electron chi connectivity index (χ4n) is 1.22. The van der Waals surface area contributed by atoms with E-state index in [1.807, 2.05) is 0 Å². The Labute approximate surface area is 92.8 Å². The van der Waals surface area contributed by atoms with Gasteiger partial charge in [-0.2, -0.15) is 0 Å². The summed E-state index contributed by atoms with van der Waals surface area (Å²) in [7, 11) is 0. The maximum Gasteiger partial charge on any atom is 0.166 e. The van der Waals surface area contributed by atoms with Gasteiger partial charge < -0.3 is 20.4 Å². The second-order valence-electron chi connectivity index (χ2n) is 3.19. The van der Waals surface area contributed by atoms with Gasteiger partial charge in [0.05, 0.1) is 11.5 Å². The van der Waals surface area contributed by atoms with Crippen molar-refractivity contribution in [3.63, 3.8) is 0 Å². The third kappa shape index (κ3) is 2.98. The molecular weight excluding hydrogens is 210 g/mol. The topological polar surface area (TPSA) is 92.5 Å². The summed E-state index contributed by atoms with van der Waals surface area (Å²) >= 11 is 0. The average Bonchev–Trinajstić information content (AvgIpc) is 2.26. The van der Waals surface area contributed by atoms with Crippen LogP contribution in [0.5, 0.6) is 5.75 Å². The third-order valence-electron chi connectivity index (χ3n) is 1.97. The van der Waals surface area contributed by atoms with Crippen LogP contribution in [-0.2, 0) is 4.79 Å². The molecule has 0 saturated heterocycles. The summed E-state index contributed by atoms with van der Waals surface area (Å²) in [6, 6.07) is 4.48. The highest BCUT2D eigenvalue weighted by Gasteiger charge is 2.11. The highest BCUT2D eigenvalue weighted by atomic mass is 16.5. The van der Waals surface area contributed by atoms with Crippen molar-refractivity contribution in [3.05, 3.63) is 23.8 Å². The van der Waals surface area contributed by atoms with E-state index in [0.29, 0.717) is 17.7 Å². The van der Waals surface area contributed by atoms with Crippen molar-refractivity contribution in [3.8, 4) is 5.75 Å². The smallest absolute Gasteiger partial charge is 0.166 e. The number of carboxylic acid groups (broad SMARTS) is 1. The van der Waals surface area contributed by atoms with Crippen LogP contribution >= 0.6 is 0 Å². The predicted octanol–water partition coefficient (Wildman–Crippen LogP) is -0.00980. The van der Waals surface area contributed by atoms with Crippen LogP contribution < -0.4 is 15.6 Å². The normalized spacial score (nSPS) is 9.81. The van der Waals surface area contributed by atoms with E-state index in [9.17, 15) is 14.7 Å². The summed E-state index contributed by atoms with van der Waals surface area (Å²) in [5, 5.41) is 10.2. The van der Waals surface area contributed by atoms with Gasteiger partial charge in [-0.05, 0) is 18.2 Å². The molecule has 16 heavy (non-hydrogen) atoms. The quantitative estimate of drug-likeness (QED) is 0.558. The van der Waals surface area contributed by atoms with Crippen LogP contribution in [0, 0.1) is 0 Å². The molecule has 0 unspecified atom stereocenters. The standard InChI is InChI=1S/C11H13NO4/c1-2-9(13)8-5-7(12)3-4-10(8)16-6-11(14)15/h3-5H,2,6,12H2,1H3,(H,14,15)/p-1. The Bertz CT molecular complexity index is 414. The minimum Gasteiger partial charge on any atom is -0.546 e. The number of carboxylic acids is 1. The first-order valence-corrected chi connectivity index (χ1v) is 4.80. The number of aliphatic carboxylic acids is 1. The Morgan fingerprint density at radius 2 is 2.12 bits per heavy atom. The number of hydrogen-bond donors (Lipinski definition) is 1. The molecule has 1 aromatic rings. The molecular formula is C11H12NO4-. The summed E-state index contributed by atoms with van der Waals surface area (Å²) in [5.41, 5.74) is 6.26. The highest BCUT2D eigenvalue weighted by molar-refractivity contribution is 5.99. The number of nitrogen functional groups attached to an aromatic ring is 1. The molecule has 0 saturated carbocycles. The summed E-state index contributed by atoms with van der Waals surface area (Å²) in [6.07, 6.45) is 0.297. The summed E-state index contributed by atoms with van der Waals surface area (Å²) < 4.78 is 4.94. The van der Waals surface area contributed by atoms with Gasteiger partial charge in [0, 0.05) is 12.1 Å². The number of anilines is 1. The van der Waals surface area contributed by atoms with E-state index in [1.54, 1.807) is 6.92 Å². The van der Waals surface area contributed by atoms with Gasteiger partial charge in [-0.15, -0.1) is 0 Å². The fraction of sp³-hybridized carbons (Fsp3) is 0.273. The van der Waals surface area contributed by atoms with E-state index < -0.39 is 12.6 Å². The van der Waals surface area contributed by atoms with Crippen LogP contribution in [0.3, 0.4) is 0 Å². The first-order chi connectivity index (χ1) is 7.54. The first-order valence-electron chi connectivity index (χ1n) is 4.80. The van der Waals surface area contributed by atoms with Gasteiger partial charge in [0.25, 0.3) is 0 Å². The number of benzene rings is 1. The minimum absolute atomic E-state index is 0.152. The van der Waals surface area contributed by atoms with Crippen molar-refractivity contribution < 1.29 is 19.4 Å². The second-order valence-corrected chi connectivity index (χ2v) is 3.19. The Morgan fingerprint density at radius 3 is 2.69 bits per heavy atom. The van der Waals surface area contributed by atoms with Gasteiger partial charge in [-0.1, -0.05) is 6.92 Å². The van der Waals surface area contributed by atoms with Crippen molar-refractivity contribution in [1.29, 1.82) is 0 Å². The zero-order chi connectivity index (χ0) is 12.1. The first kappa shape index (κ1) is 12.0. The molecule has 2 N–H and O–H groups in total. The molecule has 86 valence electrons. The van der Waals surface area contributed by atoms with Gasteiger partial charge in [0.2, 0.25) is 0 Å². The molecule has 0 atom stereocenters.